The fraction of sp³-hybridized carbons (Fsp3) is 0.143. The van der Waals surface area contributed by atoms with Crippen LogP contribution in [0.15, 0.2) is 76.7 Å². The summed E-state index contributed by atoms with van der Waals surface area (Å²) < 4.78 is 7.87. The Balaban J connectivity index is 1.50. The van der Waals surface area contributed by atoms with Crippen LogP contribution in [-0.4, -0.2) is 26.1 Å². The van der Waals surface area contributed by atoms with Crippen LogP contribution in [0.3, 0.4) is 0 Å². The molecule has 3 aromatic carbocycles. The third-order valence-corrected chi connectivity index (χ3v) is 6.08. The second-order valence-electron chi connectivity index (χ2n) is 9.45. The van der Waals surface area contributed by atoms with E-state index < -0.39 is 5.54 Å². The lowest BCUT2D eigenvalue weighted by atomic mass is 10.0. The second-order valence-corrected chi connectivity index (χ2v) is 9.45. The highest BCUT2D eigenvalue weighted by Gasteiger charge is 2.35. The number of aromatic nitrogens is 3. The molecule has 6 rings (SSSR count). The molecular formula is C28H21N3O3. The molecule has 5 aromatic rings. The lowest BCUT2D eigenvalue weighted by Gasteiger charge is -2.22. The summed E-state index contributed by atoms with van der Waals surface area (Å²) in [5.41, 5.74) is 2.32. The number of rotatable bonds is 2. The number of allylic oxidation sites excluding steroid dienone is 1. The smallest absolute Gasteiger partial charge is 0.267 e. The minimum Gasteiger partial charge on any atom is -0.416 e. The lowest BCUT2D eigenvalue weighted by molar-refractivity contribution is 0.0990. The van der Waals surface area contributed by atoms with E-state index in [1.54, 1.807) is 18.2 Å². The van der Waals surface area contributed by atoms with E-state index in [0.717, 1.165) is 16.3 Å². The molecule has 6 heteroatoms. The van der Waals surface area contributed by atoms with Gasteiger partial charge in [-0.3, -0.25) is 9.59 Å². The van der Waals surface area contributed by atoms with Crippen LogP contribution >= 0.6 is 0 Å². The number of hydrogen-bond donors (Lipinski definition) is 0. The first-order chi connectivity index (χ1) is 16.3. The Bertz CT molecular complexity index is 1610. The molecule has 166 valence electrons. The second kappa shape index (κ2) is 7.09. The van der Waals surface area contributed by atoms with Gasteiger partial charge >= 0.3 is 0 Å². The van der Waals surface area contributed by atoms with Crippen molar-refractivity contribution in [2.24, 2.45) is 0 Å². The molecule has 34 heavy (non-hydrogen) atoms. The van der Waals surface area contributed by atoms with Crippen LogP contribution in [0.5, 0.6) is 0 Å². The maximum absolute atomic E-state index is 13.2. The lowest BCUT2D eigenvalue weighted by Crippen LogP contribution is -2.23. The highest BCUT2D eigenvalue weighted by Crippen LogP contribution is 2.34. The van der Waals surface area contributed by atoms with Gasteiger partial charge in [-0.2, -0.15) is 9.97 Å². The monoisotopic (exact) mass is 447 g/mol. The normalized spacial score (nSPS) is 13.8. The first kappa shape index (κ1) is 20.3. The minimum absolute atomic E-state index is 0.103. The number of Topliss-reactive ketones (excluding diaryl/α,β-unsaturated/α-hetero) is 2. The highest BCUT2D eigenvalue weighted by atomic mass is 16.4. The predicted molar refractivity (Wildman–Crippen MR) is 131 cm³/mol. The van der Waals surface area contributed by atoms with E-state index in [9.17, 15) is 9.59 Å². The van der Waals surface area contributed by atoms with Gasteiger partial charge in [-0.25, -0.2) is 0 Å². The largest absolute Gasteiger partial charge is 0.416 e. The minimum atomic E-state index is -0.418. The number of oxazole rings is 1. The average molecular weight is 447 g/mol. The van der Waals surface area contributed by atoms with Gasteiger partial charge in [0, 0.05) is 22.2 Å². The van der Waals surface area contributed by atoms with Gasteiger partial charge in [-0.15, -0.1) is 0 Å². The molecule has 0 amide bonds. The molecule has 2 heterocycles. The number of nitrogens with zero attached hydrogens (tertiary/aromatic N) is 3. The van der Waals surface area contributed by atoms with Crippen molar-refractivity contribution in [3.63, 3.8) is 0 Å². The van der Waals surface area contributed by atoms with Crippen LogP contribution in [-0.2, 0) is 5.54 Å². The first-order valence-electron chi connectivity index (χ1n) is 11.1. The molecule has 0 N–H and O–H groups in total. The van der Waals surface area contributed by atoms with Crippen molar-refractivity contribution in [3.8, 4) is 11.5 Å². The molecule has 0 spiro atoms. The Morgan fingerprint density at radius 2 is 1.41 bits per heavy atom. The summed E-state index contributed by atoms with van der Waals surface area (Å²) in [5.74, 6) is 0.359. The van der Waals surface area contributed by atoms with Crippen LogP contribution in [0.1, 0.15) is 47.3 Å². The van der Waals surface area contributed by atoms with Gasteiger partial charge < -0.3 is 8.98 Å². The van der Waals surface area contributed by atoms with Crippen molar-refractivity contribution in [1.29, 1.82) is 0 Å². The molecule has 0 radical (unpaired) electrons. The number of imidazole rings is 1. The van der Waals surface area contributed by atoms with Crippen LogP contribution in [0.4, 0.5) is 0 Å². The van der Waals surface area contributed by atoms with Crippen molar-refractivity contribution in [2.45, 2.75) is 26.3 Å². The van der Waals surface area contributed by atoms with E-state index in [1.807, 2.05) is 79.9 Å². The summed E-state index contributed by atoms with van der Waals surface area (Å²) in [6, 6.07) is 20.9. The topological polar surface area (TPSA) is 78.0 Å². The molecule has 1 aliphatic carbocycles. The van der Waals surface area contributed by atoms with Crippen LogP contribution in [0, 0.1) is 0 Å². The number of carbonyl (C=O) groups excluding carboxylic acids is 2. The van der Waals surface area contributed by atoms with Gasteiger partial charge in [0.2, 0.25) is 11.5 Å². The maximum atomic E-state index is 13.2. The molecule has 1 aliphatic rings. The first-order valence-corrected chi connectivity index (χ1v) is 11.1. The van der Waals surface area contributed by atoms with Gasteiger partial charge in [0.15, 0.2) is 11.6 Å². The molecule has 0 saturated carbocycles. The van der Waals surface area contributed by atoms with Crippen molar-refractivity contribution < 1.29 is 14.0 Å². The zero-order chi connectivity index (χ0) is 23.6. The Labute approximate surface area is 195 Å². The Kier molecular flexibility index (Phi) is 4.23. The van der Waals surface area contributed by atoms with E-state index in [0.29, 0.717) is 34.2 Å². The fourth-order valence-electron chi connectivity index (χ4n) is 4.52. The Hall–Kier alpha value is -4.32. The summed E-state index contributed by atoms with van der Waals surface area (Å²) >= 11 is 0. The molecular weight excluding hydrogens is 426 g/mol. The van der Waals surface area contributed by atoms with Crippen molar-refractivity contribution in [3.05, 3.63) is 89.3 Å². The van der Waals surface area contributed by atoms with Gasteiger partial charge in [0.1, 0.15) is 5.82 Å². The summed E-state index contributed by atoms with van der Waals surface area (Å²) in [6.07, 6.45) is 1.57. The molecule has 0 fully saturated rings. The van der Waals surface area contributed by atoms with Crippen LogP contribution < -0.4 is 0 Å². The Morgan fingerprint density at radius 1 is 0.824 bits per heavy atom. The molecule has 0 aliphatic heterocycles. The molecule has 0 unspecified atom stereocenters. The average Bonchev–Trinajstić information content (AvgIpc) is 3.44. The van der Waals surface area contributed by atoms with Gasteiger partial charge in [-0.05, 0) is 61.9 Å². The number of fused-ring (bicyclic) bond motifs is 3. The van der Waals surface area contributed by atoms with Gasteiger partial charge in [0.05, 0.1) is 5.57 Å². The molecule has 0 bridgehead atoms. The standard InChI is InChI=1S/C28H21N3O3/c1-28(2,3)31-22(29-27-25(31)30-26(34-27)16-9-5-4-6-10-16)15-21-23(32)19-13-17-11-7-8-12-18(17)14-20(19)24(21)33/h4-15H,1-3H3. The summed E-state index contributed by atoms with van der Waals surface area (Å²) in [4.78, 5) is 35.8. The predicted octanol–water partition coefficient (Wildman–Crippen LogP) is 6.06. The number of hydrogen-bond acceptors (Lipinski definition) is 5. The van der Waals surface area contributed by atoms with Crippen LogP contribution in [0.2, 0.25) is 0 Å². The quantitative estimate of drug-likeness (QED) is 0.243. The van der Waals surface area contributed by atoms with Gasteiger partial charge in [-0.1, -0.05) is 42.5 Å². The summed E-state index contributed by atoms with van der Waals surface area (Å²) in [6.45, 7) is 6.06. The van der Waals surface area contributed by atoms with E-state index in [-0.39, 0.29) is 17.1 Å². The summed E-state index contributed by atoms with van der Waals surface area (Å²) in [7, 11) is 0. The molecule has 0 saturated heterocycles. The van der Waals surface area contributed by atoms with E-state index in [4.69, 9.17) is 9.40 Å². The Morgan fingerprint density at radius 3 is 2.00 bits per heavy atom. The summed E-state index contributed by atoms with van der Waals surface area (Å²) in [5, 5.41) is 1.85. The van der Waals surface area contributed by atoms with Crippen molar-refractivity contribution in [2.75, 3.05) is 0 Å². The number of ketones is 2. The van der Waals surface area contributed by atoms with E-state index in [2.05, 4.69) is 4.98 Å². The zero-order valence-electron chi connectivity index (χ0n) is 19.0. The molecule has 2 aromatic heterocycles. The van der Waals surface area contributed by atoms with E-state index in [1.165, 1.54) is 0 Å². The maximum Gasteiger partial charge on any atom is 0.267 e. The number of benzene rings is 3. The van der Waals surface area contributed by atoms with Crippen molar-refractivity contribution in [1.82, 2.24) is 14.5 Å². The van der Waals surface area contributed by atoms with Crippen molar-refractivity contribution >= 4 is 39.8 Å². The van der Waals surface area contributed by atoms with Crippen LogP contribution in [0.25, 0.3) is 39.7 Å². The third-order valence-electron chi connectivity index (χ3n) is 6.08. The zero-order valence-corrected chi connectivity index (χ0v) is 19.0. The highest BCUT2D eigenvalue weighted by molar-refractivity contribution is 6.42. The third kappa shape index (κ3) is 3.03. The van der Waals surface area contributed by atoms with Gasteiger partial charge in [0.25, 0.3) is 5.71 Å². The SMILES string of the molecule is CC(C)(C)n1c(C=C2C(=O)c3cc4ccccc4cc3C2=O)nc2oc(-c3ccccc3)nc21. The fourth-order valence-corrected chi connectivity index (χ4v) is 4.52. The van der Waals surface area contributed by atoms with E-state index >= 15 is 0 Å². The molecule has 6 nitrogen and oxygen atoms in total. The molecule has 0 atom stereocenters. The number of carbonyl (C=O) groups is 2.